The Labute approximate surface area is 190 Å². The van der Waals surface area contributed by atoms with Crippen LogP contribution in [-0.2, 0) is 14.2 Å². The first kappa shape index (κ1) is 23.4. The van der Waals surface area contributed by atoms with Gasteiger partial charge in [0.1, 0.15) is 11.2 Å². The van der Waals surface area contributed by atoms with Gasteiger partial charge in [-0.05, 0) is 37.6 Å². The fourth-order valence-corrected chi connectivity index (χ4v) is 9.06. The van der Waals surface area contributed by atoms with Crippen molar-refractivity contribution in [1.82, 2.24) is 4.90 Å². The van der Waals surface area contributed by atoms with Gasteiger partial charge < -0.3 is 34.6 Å². The molecule has 2 saturated heterocycles. The molecule has 0 radical (unpaired) electrons. The molecule has 32 heavy (non-hydrogen) atoms. The molecule has 2 heterocycles. The molecule has 184 valence electrons. The Balaban J connectivity index is 1.82. The third-order valence-electron chi connectivity index (χ3n) is 10.3. The summed E-state index contributed by atoms with van der Waals surface area (Å²) in [6.45, 7) is 5.70. The number of hydrogen-bond acceptors (Lipinski definition) is 8. The van der Waals surface area contributed by atoms with E-state index in [9.17, 15) is 20.4 Å². The molecule has 3 aliphatic carbocycles. The van der Waals surface area contributed by atoms with Crippen molar-refractivity contribution < 1.29 is 34.6 Å². The third kappa shape index (κ3) is 2.61. The van der Waals surface area contributed by atoms with Crippen LogP contribution in [0, 0.1) is 23.2 Å². The van der Waals surface area contributed by atoms with E-state index >= 15 is 0 Å². The number of likely N-dealkylation sites (N-methyl/N-ethyl adjacent to an activating group) is 1. The average molecular weight is 456 g/mol. The molecule has 8 heteroatoms. The largest absolute Gasteiger partial charge is 0.392 e. The molecular formula is C24H41NO7. The number of hydrogen-bond donors (Lipinski definition) is 4. The first-order chi connectivity index (χ1) is 15.0. The van der Waals surface area contributed by atoms with E-state index in [-0.39, 0.29) is 23.9 Å². The van der Waals surface area contributed by atoms with Crippen LogP contribution in [0.3, 0.4) is 0 Å². The lowest BCUT2D eigenvalue weighted by atomic mass is 9.48. The molecule has 4 N–H and O–H groups in total. The number of rotatable bonds is 4. The highest BCUT2D eigenvalue weighted by atomic mass is 16.5. The lowest BCUT2D eigenvalue weighted by molar-refractivity contribution is -0.345. The second kappa shape index (κ2) is 7.34. The van der Waals surface area contributed by atoms with Gasteiger partial charge >= 0.3 is 0 Å². The van der Waals surface area contributed by atoms with Crippen molar-refractivity contribution in [1.29, 1.82) is 0 Å². The number of aliphatic hydroxyl groups excluding tert-OH is 1. The maximum absolute atomic E-state index is 12.8. The van der Waals surface area contributed by atoms with Crippen LogP contribution in [0.15, 0.2) is 0 Å². The SMILES string of the molecule is CCN1C[C@]2(C)CCC(OC)C3C1[C@@](O)([C@@H](OC)C2)[C@@]1(O)C[C@H](OC)C2C[C@]3(O)C1C2O. The summed E-state index contributed by atoms with van der Waals surface area (Å²) in [5, 5.41) is 49.1. The fourth-order valence-electron chi connectivity index (χ4n) is 9.06. The number of fused-ring (bicyclic) bond motifs is 5. The highest BCUT2D eigenvalue weighted by Gasteiger charge is 2.82. The van der Waals surface area contributed by atoms with E-state index in [1.807, 2.05) is 0 Å². The van der Waals surface area contributed by atoms with Gasteiger partial charge in [0.25, 0.3) is 0 Å². The molecule has 0 aromatic heterocycles. The van der Waals surface area contributed by atoms with Crippen LogP contribution in [0.2, 0.25) is 0 Å². The van der Waals surface area contributed by atoms with Crippen molar-refractivity contribution >= 4 is 0 Å². The van der Waals surface area contributed by atoms with Crippen molar-refractivity contribution in [2.45, 2.75) is 93.2 Å². The summed E-state index contributed by atoms with van der Waals surface area (Å²) in [5.41, 5.74) is -4.99. The Morgan fingerprint density at radius 1 is 0.969 bits per heavy atom. The van der Waals surface area contributed by atoms with Crippen LogP contribution in [0.5, 0.6) is 0 Å². The van der Waals surface area contributed by atoms with E-state index in [2.05, 4.69) is 18.7 Å². The smallest absolute Gasteiger partial charge is 0.136 e. The molecule has 0 amide bonds. The van der Waals surface area contributed by atoms with Crippen molar-refractivity contribution in [3.8, 4) is 0 Å². The minimum atomic E-state index is -1.77. The van der Waals surface area contributed by atoms with Gasteiger partial charge in [0.15, 0.2) is 0 Å². The van der Waals surface area contributed by atoms with E-state index in [1.54, 1.807) is 21.3 Å². The lowest BCUT2D eigenvalue weighted by Crippen LogP contribution is -2.84. The molecule has 5 rings (SSSR count). The fraction of sp³-hybridized carbons (Fsp3) is 1.00. The molecular weight excluding hydrogens is 414 g/mol. The number of aliphatic hydroxyl groups is 4. The van der Waals surface area contributed by atoms with Gasteiger partial charge in [-0.25, -0.2) is 0 Å². The van der Waals surface area contributed by atoms with E-state index in [1.165, 1.54) is 0 Å². The Morgan fingerprint density at radius 2 is 1.66 bits per heavy atom. The minimum absolute atomic E-state index is 0.143. The molecule has 5 fully saturated rings. The monoisotopic (exact) mass is 455 g/mol. The normalized spacial score (nSPS) is 59.5. The Hall–Kier alpha value is -0.320. The first-order valence-corrected chi connectivity index (χ1v) is 12.2. The molecule has 5 aliphatic rings. The van der Waals surface area contributed by atoms with Gasteiger partial charge in [0.2, 0.25) is 0 Å². The lowest BCUT2D eigenvalue weighted by Gasteiger charge is -2.67. The van der Waals surface area contributed by atoms with E-state index < -0.39 is 53.0 Å². The van der Waals surface area contributed by atoms with E-state index in [0.717, 1.165) is 19.4 Å². The summed E-state index contributed by atoms with van der Waals surface area (Å²) < 4.78 is 17.8. The van der Waals surface area contributed by atoms with Crippen molar-refractivity contribution in [3.63, 3.8) is 0 Å². The summed E-state index contributed by atoms with van der Waals surface area (Å²) in [5.74, 6) is -1.67. The van der Waals surface area contributed by atoms with Gasteiger partial charge in [-0.3, -0.25) is 4.90 Å². The van der Waals surface area contributed by atoms with Crippen LogP contribution in [0.25, 0.3) is 0 Å². The summed E-state index contributed by atoms with van der Waals surface area (Å²) in [4.78, 5) is 2.24. The molecule has 12 atom stereocenters. The quantitative estimate of drug-likeness (QED) is 0.474. The minimum Gasteiger partial charge on any atom is -0.392 e. The maximum atomic E-state index is 12.8. The van der Waals surface area contributed by atoms with Crippen molar-refractivity contribution in [3.05, 3.63) is 0 Å². The molecule has 4 bridgehead atoms. The highest BCUT2D eigenvalue weighted by molar-refractivity contribution is 5.33. The topological polar surface area (TPSA) is 112 Å². The van der Waals surface area contributed by atoms with Crippen LogP contribution < -0.4 is 0 Å². The van der Waals surface area contributed by atoms with Gasteiger partial charge in [-0.15, -0.1) is 0 Å². The van der Waals surface area contributed by atoms with Crippen LogP contribution >= 0.6 is 0 Å². The van der Waals surface area contributed by atoms with Crippen molar-refractivity contribution in [2.24, 2.45) is 23.2 Å². The predicted octanol–water partition coefficient (Wildman–Crippen LogP) is 0.150. The van der Waals surface area contributed by atoms with E-state index in [4.69, 9.17) is 14.2 Å². The Kier molecular flexibility index (Phi) is 5.37. The molecule has 0 spiro atoms. The van der Waals surface area contributed by atoms with E-state index in [0.29, 0.717) is 19.4 Å². The maximum Gasteiger partial charge on any atom is 0.136 e. The second-order valence-corrected chi connectivity index (χ2v) is 11.6. The Morgan fingerprint density at radius 3 is 2.25 bits per heavy atom. The van der Waals surface area contributed by atoms with Crippen LogP contribution in [0.1, 0.15) is 46.0 Å². The third-order valence-corrected chi connectivity index (χ3v) is 10.3. The van der Waals surface area contributed by atoms with Gasteiger partial charge in [0, 0.05) is 52.0 Å². The highest BCUT2D eigenvalue weighted by Crippen LogP contribution is 2.68. The van der Waals surface area contributed by atoms with Gasteiger partial charge in [-0.2, -0.15) is 0 Å². The molecule has 8 nitrogen and oxygen atoms in total. The predicted molar refractivity (Wildman–Crippen MR) is 116 cm³/mol. The van der Waals surface area contributed by atoms with Crippen LogP contribution in [0.4, 0.5) is 0 Å². The van der Waals surface area contributed by atoms with Crippen molar-refractivity contribution in [2.75, 3.05) is 34.4 Å². The summed E-state index contributed by atoms with van der Waals surface area (Å²) in [6.07, 6.45) is 0.286. The van der Waals surface area contributed by atoms with Gasteiger partial charge in [0.05, 0.1) is 36.1 Å². The Bertz CT molecular complexity index is 754. The second-order valence-electron chi connectivity index (χ2n) is 11.6. The number of nitrogens with zero attached hydrogens (tertiary/aromatic N) is 1. The average Bonchev–Trinajstić information content (AvgIpc) is 2.93. The molecule has 3 saturated carbocycles. The summed E-state index contributed by atoms with van der Waals surface area (Å²) in [6, 6.07) is -0.572. The summed E-state index contributed by atoms with van der Waals surface area (Å²) in [7, 11) is 4.84. The van der Waals surface area contributed by atoms with Crippen LogP contribution in [-0.4, -0.2) is 107 Å². The number of ether oxygens (including phenoxy) is 3. The van der Waals surface area contributed by atoms with Gasteiger partial charge in [-0.1, -0.05) is 13.8 Å². The summed E-state index contributed by atoms with van der Waals surface area (Å²) >= 11 is 0. The molecule has 0 aromatic carbocycles. The zero-order valence-corrected chi connectivity index (χ0v) is 20.0. The zero-order chi connectivity index (χ0) is 23.3. The number of methoxy groups -OCH3 is 3. The molecule has 6 unspecified atom stereocenters. The molecule has 2 aliphatic heterocycles. The zero-order valence-electron chi connectivity index (χ0n) is 20.0. The first-order valence-electron chi connectivity index (χ1n) is 12.2. The molecule has 0 aromatic rings. The standard InChI is InChI=1S/C24H41NO7/c1-6-25-12-21(2)8-7-14(30-3)17-20(25)24(29,16(11-21)32-5)23(28)10-15(31-4)13-9-22(17,27)19(23)18(13)26/h13-20,26-29H,6-12H2,1-5H3/t13?,14?,15-,16-,17?,18?,19?,20?,21+,22+,23+,24-/m0/s1.